The fourth-order valence-electron chi connectivity index (χ4n) is 2.32. The lowest BCUT2D eigenvalue weighted by Crippen LogP contribution is -2.35. The van der Waals surface area contributed by atoms with E-state index in [2.05, 4.69) is 55.7 Å². The highest BCUT2D eigenvalue weighted by atomic mass is 32.2. The van der Waals surface area contributed by atoms with Crippen LogP contribution in [-0.4, -0.2) is 30.7 Å². The molecule has 0 aliphatic carbocycles. The number of carbonyl (C=O) groups is 2. The number of nitrogens with one attached hydrogen (secondary N) is 2. The lowest BCUT2D eigenvalue weighted by Gasteiger charge is -2.19. The summed E-state index contributed by atoms with van der Waals surface area (Å²) in [5, 5.41) is 5.61. The third kappa shape index (κ3) is 6.56. The van der Waals surface area contributed by atoms with E-state index >= 15 is 0 Å². The van der Waals surface area contributed by atoms with Crippen LogP contribution < -0.4 is 10.6 Å². The third-order valence-electron chi connectivity index (χ3n) is 3.86. The molecular formula is C21H26N2O2S. The fourth-order valence-corrected chi connectivity index (χ4v) is 3.05. The highest BCUT2D eigenvalue weighted by Gasteiger charge is 2.13. The van der Waals surface area contributed by atoms with Crippen molar-refractivity contribution in [3.63, 3.8) is 0 Å². The molecule has 2 aromatic carbocycles. The zero-order chi connectivity index (χ0) is 19.0. The monoisotopic (exact) mass is 370 g/mol. The van der Waals surface area contributed by atoms with Gasteiger partial charge in [-0.1, -0.05) is 51.1 Å². The number of hydrogen-bond acceptors (Lipinski definition) is 3. The van der Waals surface area contributed by atoms with Crippen LogP contribution in [0.25, 0.3) is 0 Å². The Bertz CT molecular complexity index is 722. The van der Waals surface area contributed by atoms with Gasteiger partial charge in [-0.25, -0.2) is 0 Å². The van der Waals surface area contributed by atoms with E-state index in [9.17, 15) is 9.59 Å². The number of hydrogen-bond donors (Lipinski definition) is 2. The van der Waals surface area contributed by atoms with Crippen molar-refractivity contribution >= 4 is 23.6 Å². The number of benzene rings is 2. The van der Waals surface area contributed by atoms with Crippen LogP contribution in [0, 0.1) is 0 Å². The standard InChI is InChI=1S/C21H26N2O2S/c1-21(2,3)17-9-11-18(12-10-17)26-15-19(24)22-13-14-23-20(25)16-7-5-4-6-8-16/h4-12H,13-15H2,1-3H3,(H,22,24)(H,23,25). The molecule has 0 fully saturated rings. The second kappa shape index (κ2) is 9.43. The van der Waals surface area contributed by atoms with E-state index < -0.39 is 0 Å². The van der Waals surface area contributed by atoms with E-state index in [-0.39, 0.29) is 17.2 Å². The summed E-state index contributed by atoms with van der Waals surface area (Å²) in [6.07, 6.45) is 0. The van der Waals surface area contributed by atoms with E-state index in [1.54, 1.807) is 12.1 Å². The quantitative estimate of drug-likeness (QED) is 0.578. The van der Waals surface area contributed by atoms with Crippen molar-refractivity contribution in [1.82, 2.24) is 10.6 Å². The summed E-state index contributed by atoms with van der Waals surface area (Å²) in [5.74, 6) is 0.193. The minimum absolute atomic E-state index is 0.0381. The minimum atomic E-state index is -0.131. The maximum atomic E-state index is 11.9. The Hall–Kier alpha value is -2.27. The smallest absolute Gasteiger partial charge is 0.251 e. The summed E-state index contributed by atoms with van der Waals surface area (Å²) in [4.78, 5) is 24.9. The van der Waals surface area contributed by atoms with E-state index in [0.717, 1.165) is 4.90 Å². The van der Waals surface area contributed by atoms with Crippen LogP contribution in [0.3, 0.4) is 0 Å². The molecule has 0 aliphatic heterocycles. The summed E-state index contributed by atoms with van der Waals surface area (Å²) < 4.78 is 0. The number of rotatable bonds is 7. The first-order valence-electron chi connectivity index (χ1n) is 8.69. The van der Waals surface area contributed by atoms with Gasteiger partial charge in [-0.05, 0) is 35.2 Å². The maximum absolute atomic E-state index is 11.9. The van der Waals surface area contributed by atoms with Gasteiger partial charge in [-0.3, -0.25) is 9.59 Å². The van der Waals surface area contributed by atoms with Gasteiger partial charge in [-0.15, -0.1) is 11.8 Å². The predicted molar refractivity (Wildman–Crippen MR) is 108 cm³/mol. The average molecular weight is 371 g/mol. The van der Waals surface area contributed by atoms with Gasteiger partial charge in [0, 0.05) is 23.5 Å². The van der Waals surface area contributed by atoms with Gasteiger partial charge in [0.05, 0.1) is 5.75 Å². The van der Waals surface area contributed by atoms with Crippen molar-refractivity contribution in [2.45, 2.75) is 31.1 Å². The highest BCUT2D eigenvalue weighted by molar-refractivity contribution is 8.00. The van der Waals surface area contributed by atoms with Gasteiger partial charge in [0.1, 0.15) is 0 Å². The molecule has 26 heavy (non-hydrogen) atoms. The molecule has 4 nitrogen and oxygen atoms in total. The fraction of sp³-hybridized carbons (Fsp3) is 0.333. The summed E-state index contributed by atoms with van der Waals surface area (Å²) in [6.45, 7) is 7.36. The van der Waals surface area contributed by atoms with Crippen molar-refractivity contribution in [1.29, 1.82) is 0 Å². The zero-order valence-electron chi connectivity index (χ0n) is 15.5. The molecule has 0 saturated heterocycles. The molecule has 2 rings (SSSR count). The molecule has 0 aromatic heterocycles. The summed E-state index contributed by atoms with van der Waals surface area (Å²) in [5.41, 5.74) is 2.03. The Morgan fingerprint density at radius 2 is 1.50 bits per heavy atom. The topological polar surface area (TPSA) is 58.2 Å². The van der Waals surface area contributed by atoms with Crippen LogP contribution in [0.4, 0.5) is 0 Å². The molecule has 2 aromatic rings. The zero-order valence-corrected chi connectivity index (χ0v) is 16.4. The maximum Gasteiger partial charge on any atom is 0.251 e. The average Bonchev–Trinajstić information content (AvgIpc) is 2.63. The van der Waals surface area contributed by atoms with Crippen LogP contribution >= 0.6 is 11.8 Å². The van der Waals surface area contributed by atoms with Crippen LogP contribution in [0.15, 0.2) is 59.5 Å². The van der Waals surface area contributed by atoms with Gasteiger partial charge in [-0.2, -0.15) is 0 Å². The lowest BCUT2D eigenvalue weighted by molar-refractivity contribution is -0.118. The molecular weight excluding hydrogens is 344 g/mol. The molecule has 2 amide bonds. The largest absolute Gasteiger partial charge is 0.354 e. The molecule has 0 saturated carbocycles. The molecule has 5 heteroatoms. The van der Waals surface area contributed by atoms with Gasteiger partial charge >= 0.3 is 0 Å². The molecule has 0 aliphatic rings. The summed E-state index contributed by atoms with van der Waals surface area (Å²) >= 11 is 1.51. The molecule has 0 atom stereocenters. The highest BCUT2D eigenvalue weighted by Crippen LogP contribution is 2.25. The molecule has 0 unspecified atom stereocenters. The Morgan fingerprint density at radius 3 is 2.12 bits per heavy atom. The molecule has 138 valence electrons. The number of thioether (sulfide) groups is 1. The second-order valence-electron chi connectivity index (χ2n) is 7.03. The summed E-state index contributed by atoms with van der Waals surface area (Å²) in [6, 6.07) is 17.4. The van der Waals surface area contributed by atoms with Crippen LogP contribution in [0.5, 0.6) is 0 Å². The van der Waals surface area contributed by atoms with Gasteiger partial charge in [0.2, 0.25) is 5.91 Å². The Balaban J connectivity index is 1.65. The van der Waals surface area contributed by atoms with Crippen LogP contribution in [-0.2, 0) is 10.2 Å². The summed E-state index contributed by atoms with van der Waals surface area (Å²) in [7, 11) is 0. The molecule has 2 N–H and O–H groups in total. The van der Waals surface area contributed by atoms with Crippen molar-refractivity contribution in [3.05, 3.63) is 65.7 Å². The molecule has 0 radical (unpaired) electrons. The lowest BCUT2D eigenvalue weighted by atomic mass is 9.87. The van der Waals surface area contributed by atoms with Crippen molar-refractivity contribution in [2.75, 3.05) is 18.8 Å². The predicted octanol–water partition coefficient (Wildman–Crippen LogP) is 3.62. The number of amides is 2. The Morgan fingerprint density at radius 1 is 0.885 bits per heavy atom. The minimum Gasteiger partial charge on any atom is -0.354 e. The van der Waals surface area contributed by atoms with Crippen molar-refractivity contribution in [3.8, 4) is 0 Å². The SMILES string of the molecule is CC(C)(C)c1ccc(SCC(=O)NCCNC(=O)c2ccccc2)cc1. The first-order valence-corrected chi connectivity index (χ1v) is 9.68. The molecule has 0 heterocycles. The van der Waals surface area contributed by atoms with Gasteiger partial charge < -0.3 is 10.6 Å². The van der Waals surface area contributed by atoms with Gasteiger partial charge in [0.25, 0.3) is 5.91 Å². The van der Waals surface area contributed by atoms with Crippen molar-refractivity contribution in [2.24, 2.45) is 0 Å². The second-order valence-corrected chi connectivity index (χ2v) is 8.08. The van der Waals surface area contributed by atoms with E-state index in [1.807, 2.05) is 18.2 Å². The normalized spacial score (nSPS) is 11.0. The Labute approximate surface area is 159 Å². The van der Waals surface area contributed by atoms with Crippen LogP contribution in [0.1, 0.15) is 36.7 Å². The van der Waals surface area contributed by atoms with E-state index in [4.69, 9.17) is 0 Å². The first-order chi connectivity index (χ1) is 12.4. The van der Waals surface area contributed by atoms with Gasteiger partial charge in [0.15, 0.2) is 0 Å². The molecule has 0 spiro atoms. The van der Waals surface area contributed by atoms with E-state index in [0.29, 0.717) is 24.4 Å². The number of carbonyl (C=O) groups excluding carboxylic acids is 2. The van der Waals surface area contributed by atoms with Crippen molar-refractivity contribution < 1.29 is 9.59 Å². The van der Waals surface area contributed by atoms with Crippen LogP contribution in [0.2, 0.25) is 0 Å². The Kier molecular flexibility index (Phi) is 7.27. The third-order valence-corrected chi connectivity index (χ3v) is 4.87. The first kappa shape index (κ1) is 20.0. The van der Waals surface area contributed by atoms with E-state index in [1.165, 1.54) is 17.3 Å². The molecule has 0 bridgehead atoms.